The predicted octanol–water partition coefficient (Wildman–Crippen LogP) is 3.91. The molecule has 0 aliphatic rings. The Morgan fingerprint density at radius 1 is 1.24 bits per heavy atom. The highest BCUT2D eigenvalue weighted by molar-refractivity contribution is 9.10. The lowest BCUT2D eigenvalue weighted by Crippen LogP contribution is -2.13. The maximum atomic E-state index is 13.2. The fourth-order valence-corrected chi connectivity index (χ4v) is 3.21. The minimum absolute atomic E-state index is 0.175. The molecule has 0 unspecified atom stereocenters. The largest absolute Gasteiger partial charge is 0.278 e. The van der Waals surface area contributed by atoms with E-state index in [2.05, 4.69) is 20.7 Å². The maximum absolute atomic E-state index is 13.2. The Bertz CT molecular complexity index is 850. The number of anilines is 1. The molecule has 0 aromatic heterocycles. The van der Waals surface area contributed by atoms with Crippen LogP contribution in [-0.2, 0) is 10.0 Å². The molecule has 0 saturated heterocycles. The summed E-state index contributed by atoms with van der Waals surface area (Å²) < 4.78 is 40.6. The molecule has 0 saturated carbocycles. The van der Waals surface area contributed by atoms with Crippen LogP contribution in [0.25, 0.3) is 0 Å². The van der Waals surface area contributed by atoms with Crippen molar-refractivity contribution in [3.63, 3.8) is 0 Å². The van der Waals surface area contributed by atoms with Crippen molar-refractivity contribution in [2.75, 3.05) is 4.72 Å². The summed E-state index contributed by atoms with van der Waals surface area (Å²) in [4.78, 5) is -0.225. The van der Waals surface area contributed by atoms with Crippen LogP contribution < -0.4 is 4.72 Å². The summed E-state index contributed by atoms with van der Waals surface area (Å²) in [5.74, 6) is -0.781. The molecule has 0 spiro atoms. The summed E-state index contributed by atoms with van der Waals surface area (Å²) in [5, 5.41) is 8.96. The molecular formula is C13H7BrClFN2O2S. The van der Waals surface area contributed by atoms with E-state index in [1.165, 1.54) is 12.1 Å². The van der Waals surface area contributed by atoms with Crippen molar-refractivity contribution in [1.82, 2.24) is 0 Å². The number of rotatable bonds is 3. The van der Waals surface area contributed by atoms with E-state index in [1.807, 2.05) is 0 Å². The van der Waals surface area contributed by atoms with E-state index in [1.54, 1.807) is 12.1 Å². The Morgan fingerprint density at radius 3 is 2.62 bits per heavy atom. The van der Waals surface area contributed by atoms with Crippen molar-refractivity contribution in [1.29, 1.82) is 5.26 Å². The van der Waals surface area contributed by atoms with Crippen LogP contribution in [0.2, 0.25) is 5.02 Å². The van der Waals surface area contributed by atoms with Gasteiger partial charge in [-0.05, 0) is 36.4 Å². The molecule has 2 aromatic carbocycles. The fourth-order valence-electron chi connectivity index (χ4n) is 1.54. The zero-order valence-corrected chi connectivity index (χ0v) is 13.4. The van der Waals surface area contributed by atoms with Crippen LogP contribution in [0.4, 0.5) is 10.1 Å². The molecule has 1 N–H and O–H groups in total. The van der Waals surface area contributed by atoms with E-state index < -0.39 is 15.8 Å². The molecule has 0 radical (unpaired) electrons. The first-order valence-corrected chi connectivity index (χ1v) is 8.16. The van der Waals surface area contributed by atoms with Gasteiger partial charge in [-0.2, -0.15) is 5.26 Å². The van der Waals surface area contributed by atoms with Gasteiger partial charge in [0.05, 0.1) is 21.2 Å². The van der Waals surface area contributed by atoms with E-state index in [0.717, 1.165) is 18.2 Å². The number of nitriles is 1. The quantitative estimate of drug-likeness (QED) is 0.865. The molecule has 0 bridgehead atoms. The van der Waals surface area contributed by atoms with Crippen LogP contribution in [0.1, 0.15) is 5.56 Å². The van der Waals surface area contributed by atoms with Crippen LogP contribution in [-0.4, -0.2) is 8.42 Å². The van der Waals surface area contributed by atoms with Crippen molar-refractivity contribution in [3.8, 4) is 6.07 Å². The fraction of sp³-hybridized carbons (Fsp3) is 0. The van der Waals surface area contributed by atoms with Crippen LogP contribution >= 0.6 is 27.5 Å². The number of hydrogen-bond donors (Lipinski definition) is 1. The zero-order chi connectivity index (χ0) is 15.6. The molecule has 21 heavy (non-hydrogen) atoms. The molecule has 0 aliphatic heterocycles. The highest BCUT2D eigenvalue weighted by Gasteiger charge is 2.18. The van der Waals surface area contributed by atoms with Gasteiger partial charge in [0.1, 0.15) is 11.9 Å². The molecule has 0 aliphatic carbocycles. The first kappa shape index (κ1) is 15.8. The second kappa shape index (κ2) is 6.02. The van der Waals surface area contributed by atoms with Gasteiger partial charge in [0.15, 0.2) is 0 Å². The Morgan fingerprint density at radius 2 is 1.95 bits per heavy atom. The molecule has 0 atom stereocenters. The van der Waals surface area contributed by atoms with Gasteiger partial charge in [-0.25, -0.2) is 12.8 Å². The lowest BCUT2D eigenvalue weighted by molar-refractivity contribution is 0.599. The maximum Gasteiger partial charge on any atom is 0.261 e. The van der Waals surface area contributed by atoms with Gasteiger partial charge in [-0.15, -0.1) is 0 Å². The molecule has 108 valence electrons. The van der Waals surface area contributed by atoms with E-state index in [4.69, 9.17) is 16.9 Å². The smallest absolute Gasteiger partial charge is 0.261 e. The molecule has 0 amide bonds. The van der Waals surface area contributed by atoms with Gasteiger partial charge in [0, 0.05) is 4.47 Å². The van der Waals surface area contributed by atoms with Crippen molar-refractivity contribution in [3.05, 3.63) is 57.3 Å². The average Bonchev–Trinajstić information content (AvgIpc) is 2.43. The molecule has 2 rings (SSSR count). The Labute approximate surface area is 134 Å². The van der Waals surface area contributed by atoms with Crippen LogP contribution in [0, 0.1) is 17.1 Å². The van der Waals surface area contributed by atoms with Gasteiger partial charge >= 0.3 is 0 Å². The first-order valence-electron chi connectivity index (χ1n) is 5.51. The Balaban J connectivity index is 2.44. The predicted molar refractivity (Wildman–Crippen MR) is 81.1 cm³/mol. The second-order valence-electron chi connectivity index (χ2n) is 3.98. The van der Waals surface area contributed by atoms with Crippen LogP contribution in [0.3, 0.4) is 0 Å². The third kappa shape index (κ3) is 3.53. The molecule has 8 heteroatoms. The summed E-state index contributed by atoms with van der Waals surface area (Å²) >= 11 is 9.12. The standard InChI is InChI=1S/C13H7BrClFN2O2S/c14-9-1-3-11(15)13(6-9)18-21(19,20)10-2-4-12(16)8(5-10)7-17/h1-6,18H. The molecular weight excluding hydrogens is 383 g/mol. The van der Waals surface area contributed by atoms with E-state index in [0.29, 0.717) is 4.47 Å². The highest BCUT2D eigenvalue weighted by atomic mass is 79.9. The van der Waals surface area contributed by atoms with Gasteiger partial charge in [-0.1, -0.05) is 27.5 Å². The SMILES string of the molecule is N#Cc1cc(S(=O)(=O)Nc2cc(Br)ccc2Cl)ccc1F. The summed E-state index contributed by atoms with van der Waals surface area (Å²) in [5.41, 5.74) is -0.174. The number of nitrogens with zero attached hydrogens (tertiary/aromatic N) is 1. The van der Waals surface area contributed by atoms with Crippen molar-refractivity contribution in [2.45, 2.75) is 4.90 Å². The second-order valence-corrected chi connectivity index (χ2v) is 6.99. The lowest BCUT2D eigenvalue weighted by Gasteiger charge is -2.10. The zero-order valence-electron chi connectivity index (χ0n) is 10.3. The third-order valence-electron chi connectivity index (χ3n) is 2.54. The first-order chi connectivity index (χ1) is 9.83. The third-order valence-corrected chi connectivity index (χ3v) is 4.73. The van der Waals surface area contributed by atoms with Crippen molar-refractivity contribution < 1.29 is 12.8 Å². The van der Waals surface area contributed by atoms with Crippen molar-refractivity contribution >= 4 is 43.2 Å². The number of sulfonamides is 1. The lowest BCUT2D eigenvalue weighted by atomic mass is 10.2. The van der Waals surface area contributed by atoms with Crippen LogP contribution in [0.5, 0.6) is 0 Å². The van der Waals surface area contributed by atoms with E-state index in [-0.39, 0.29) is 21.2 Å². The molecule has 2 aromatic rings. The molecule has 0 heterocycles. The molecule has 0 fully saturated rings. The van der Waals surface area contributed by atoms with Crippen LogP contribution in [0.15, 0.2) is 45.8 Å². The normalized spacial score (nSPS) is 11.0. The summed E-state index contributed by atoms with van der Waals surface area (Å²) in [6.07, 6.45) is 0. The summed E-state index contributed by atoms with van der Waals surface area (Å²) in [6.45, 7) is 0. The van der Waals surface area contributed by atoms with Gasteiger partial charge in [-0.3, -0.25) is 4.72 Å². The highest BCUT2D eigenvalue weighted by Crippen LogP contribution is 2.28. The van der Waals surface area contributed by atoms with E-state index in [9.17, 15) is 12.8 Å². The Kier molecular flexibility index (Phi) is 4.52. The summed E-state index contributed by atoms with van der Waals surface area (Å²) in [6, 6.07) is 9.23. The topological polar surface area (TPSA) is 70.0 Å². The van der Waals surface area contributed by atoms with E-state index >= 15 is 0 Å². The number of halogens is 3. The number of hydrogen-bond acceptors (Lipinski definition) is 3. The number of nitrogens with one attached hydrogen (secondary N) is 1. The van der Waals surface area contributed by atoms with Crippen molar-refractivity contribution in [2.24, 2.45) is 0 Å². The Hall–Kier alpha value is -1.62. The average molecular weight is 390 g/mol. The minimum Gasteiger partial charge on any atom is -0.278 e. The minimum atomic E-state index is -3.97. The van der Waals surface area contributed by atoms with Gasteiger partial charge < -0.3 is 0 Å². The van der Waals surface area contributed by atoms with Gasteiger partial charge in [0.25, 0.3) is 10.0 Å². The number of benzene rings is 2. The summed E-state index contributed by atoms with van der Waals surface area (Å²) in [7, 11) is -3.97. The molecule has 4 nitrogen and oxygen atoms in total. The monoisotopic (exact) mass is 388 g/mol. The van der Waals surface area contributed by atoms with Gasteiger partial charge in [0.2, 0.25) is 0 Å².